The second kappa shape index (κ2) is 8.40. The highest BCUT2D eigenvalue weighted by atomic mass is 16.5. The summed E-state index contributed by atoms with van der Waals surface area (Å²) in [6.45, 7) is -0.119. The Labute approximate surface area is 153 Å². The molecule has 2 N–H and O–H groups in total. The molecule has 0 radical (unpaired) electrons. The summed E-state index contributed by atoms with van der Waals surface area (Å²) in [6.07, 6.45) is 4.69. The van der Waals surface area contributed by atoms with Gasteiger partial charge < -0.3 is 24.8 Å². The van der Waals surface area contributed by atoms with Gasteiger partial charge in [0.1, 0.15) is 6.61 Å². The van der Waals surface area contributed by atoms with Gasteiger partial charge >= 0.3 is 0 Å². The van der Waals surface area contributed by atoms with Gasteiger partial charge in [-0.15, -0.1) is 0 Å². The molecule has 1 aliphatic heterocycles. The zero-order valence-electron chi connectivity index (χ0n) is 15.2. The van der Waals surface area contributed by atoms with E-state index in [4.69, 9.17) is 14.2 Å². The second-order valence-electron chi connectivity index (χ2n) is 6.73. The van der Waals surface area contributed by atoms with Gasteiger partial charge in [0.15, 0.2) is 17.6 Å². The van der Waals surface area contributed by atoms with Crippen LogP contribution in [0, 0.1) is 0 Å². The van der Waals surface area contributed by atoms with Gasteiger partial charge in [-0.05, 0) is 30.5 Å². The number of hydrogen-bond donors (Lipinski definition) is 2. The fourth-order valence-corrected chi connectivity index (χ4v) is 3.61. The normalized spacial score (nSPS) is 23.8. The van der Waals surface area contributed by atoms with Crippen molar-refractivity contribution in [2.24, 2.45) is 0 Å². The number of amides is 2. The number of methoxy groups -OCH3 is 2. The Bertz CT molecular complexity index is 657. The van der Waals surface area contributed by atoms with Crippen molar-refractivity contribution in [2.75, 3.05) is 20.8 Å². The van der Waals surface area contributed by atoms with Crippen LogP contribution in [0.4, 0.5) is 0 Å². The van der Waals surface area contributed by atoms with Crippen LogP contribution in [-0.2, 0) is 14.3 Å². The first-order valence-electron chi connectivity index (χ1n) is 9.05. The van der Waals surface area contributed by atoms with Crippen LogP contribution < -0.4 is 20.1 Å². The summed E-state index contributed by atoms with van der Waals surface area (Å²) in [5, 5.41) is 5.95. The van der Waals surface area contributed by atoms with E-state index in [1.165, 1.54) is 6.42 Å². The molecule has 3 rings (SSSR count). The molecule has 2 aliphatic rings. The number of benzene rings is 1. The molecule has 1 saturated heterocycles. The van der Waals surface area contributed by atoms with Crippen molar-refractivity contribution < 1.29 is 23.8 Å². The van der Waals surface area contributed by atoms with E-state index in [1.54, 1.807) is 26.4 Å². The molecule has 1 heterocycles. The predicted octanol–water partition coefficient (Wildman–Crippen LogP) is 1.71. The van der Waals surface area contributed by atoms with Gasteiger partial charge in [0.25, 0.3) is 5.91 Å². The van der Waals surface area contributed by atoms with Crippen LogP contribution in [0.15, 0.2) is 18.2 Å². The molecule has 2 fully saturated rings. The van der Waals surface area contributed by atoms with Crippen LogP contribution in [0.25, 0.3) is 0 Å². The highest BCUT2D eigenvalue weighted by Crippen LogP contribution is 2.32. The van der Waals surface area contributed by atoms with Crippen LogP contribution in [0.2, 0.25) is 0 Å². The molecule has 1 aromatic rings. The number of rotatable bonds is 5. The first-order chi connectivity index (χ1) is 12.6. The molecule has 0 aromatic heterocycles. The number of carbonyl (C=O) groups excluding carboxylic acids is 2. The summed E-state index contributed by atoms with van der Waals surface area (Å²) in [4.78, 5) is 24.6. The Kier molecular flexibility index (Phi) is 5.98. The minimum atomic E-state index is -0.771. The Balaban J connectivity index is 1.79. The average Bonchev–Trinajstić information content (AvgIpc) is 2.68. The van der Waals surface area contributed by atoms with E-state index in [0.717, 1.165) is 31.2 Å². The van der Waals surface area contributed by atoms with Crippen LogP contribution in [0.1, 0.15) is 43.7 Å². The third-order valence-electron chi connectivity index (χ3n) is 4.99. The van der Waals surface area contributed by atoms with E-state index in [9.17, 15) is 9.59 Å². The van der Waals surface area contributed by atoms with Gasteiger partial charge in [-0.2, -0.15) is 0 Å². The van der Waals surface area contributed by atoms with Gasteiger partial charge in [-0.25, -0.2) is 0 Å². The van der Waals surface area contributed by atoms with Crippen molar-refractivity contribution >= 4 is 11.8 Å². The molecule has 1 saturated carbocycles. The van der Waals surface area contributed by atoms with Gasteiger partial charge in [0.05, 0.1) is 20.3 Å². The summed E-state index contributed by atoms with van der Waals surface area (Å²) in [6, 6.07) is 4.94. The van der Waals surface area contributed by atoms with Crippen molar-refractivity contribution in [1.82, 2.24) is 10.6 Å². The topological polar surface area (TPSA) is 85.9 Å². The van der Waals surface area contributed by atoms with Crippen LogP contribution in [0.3, 0.4) is 0 Å². The molecule has 26 heavy (non-hydrogen) atoms. The first-order valence-corrected chi connectivity index (χ1v) is 9.05. The van der Waals surface area contributed by atoms with Crippen molar-refractivity contribution in [3.8, 4) is 11.5 Å². The molecule has 0 spiro atoms. The Morgan fingerprint density at radius 2 is 1.88 bits per heavy atom. The smallest absolute Gasteiger partial charge is 0.251 e. The quantitative estimate of drug-likeness (QED) is 0.833. The van der Waals surface area contributed by atoms with Gasteiger partial charge in [-0.3, -0.25) is 9.59 Å². The number of carbonyl (C=O) groups is 2. The van der Waals surface area contributed by atoms with Crippen molar-refractivity contribution in [3.63, 3.8) is 0 Å². The lowest BCUT2D eigenvalue weighted by atomic mass is 9.94. The lowest BCUT2D eigenvalue weighted by Crippen LogP contribution is -2.54. The van der Waals surface area contributed by atoms with Crippen LogP contribution in [0.5, 0.6) is 11.5 Å². The van der Waals surface area contributed by atoms with Gasteiger partial charge in [0, 0.05) is 6.04 Å². The molecule has 7 heteroatoms. The molecule has 1 aliphatic carbocycles. The highest BCUT2D eigenvalue weighted by Gasteiger charge is 2.37. The monoisotopic (exact) mass is 362 g/mol. The molecule has 7 nitrogen and oxygen atoms in total. The minimum Gasteiger partial charge on any atom is -0.493 e. The molecule has 142 valence electrons. The third kappa shape index (κ3) is 4.09. The SMILES string of the molecule is COc1ccc([C@H]2NC(=O)CO[C@@H]2C(=O)NC2CCCCC2)cc1OC. The fraction of sp³-hybridized carbons (Fsp3) is 0.579. The van der Waals surface area contributed by atoms with E-state index in [-0.39, 0.29) is 24.5 Å². The predicted molar refractivity (Wildman–Crippen MR) is 95.2 cm³/mol. The summed E-state index contributed by atoms with van der Waals surface area (Å²) in [5.74, 6) is 0.696. The second-order valence-corrected chi connectivity index (χ2v) is 6.73. The van der Waals surface area contributed by atoms with Gasteiger partial charge in [0.2, 0.25) is 5.91 Å². The molecule has 2 amide bonds. The minimum absolute atomic E-state index is 0.119. The van der Waals surface area contributed by atoms with E-state index < -0.39 is 12.1 Å². The van der Waals surface area contributed by atoms with Crippen molar-refractivity contribution in [3.05, 3.63) is 23.8 Å². The first kappa shape index (κ1) is 18.5. The number of hydrogen-bond acceptors (Lipinski definition) is 5. The maximum atomic E-state index is 12.8. The number of ether oxygens (including phenoxy) is 3. The molecular weight excluding hydrogens is 336 g/mol. The Morgan fingerprint density at radius 1 is 1.15 bits per heavy atom. The highest BCUT2D eigenvalue weighted by molar-refractivity contribution is 5.86. The third-order valence-corrected chi connectivity index (χ3v) is 4.99. The lowest BCUT2D eigenvalue weighted by molar-refractivity contribution is -0.148. The van der Waals surface area contributed by atoms with E-state index in [2.05, 4.69) is 10.6 Å². The van der Waals surface area contributed by atoms with E-state index in [0.29, 0.717) is 11.5 Å². The van der Waals surface area contributed by atoms with Crippen molar-refractivity contribution in [1.29, 1.82) is 0 Å². The maximum absolute atomic E-state index is 12.8. The average molecular weight is 362 g/mol. The molecule has 0 unspecified atom stereocenters. The largest absolute Gasteiger partial charge is 0.493 e. The molecule has 1 aromatic carbocycles. The maximum Gasteiger partial charge on any atom is 0.251 e. The zero-order valence-corrected chi connectivity index (χ0v) is 15.2. The van der Waals surface area contributed by atoms with E-state index >= 15 is 0 Å². The molecule has 2 atom stereocenters. The zero-order chi connectivity index (χ0) is 18.5. The van der Waals surface area contributed by atoms with Crippen molar-refractivity contribution in [2.45, 2.75) is 50.3 Å². The Morgan fingerprint density at radius 3 is 2.58 bits per heavy atom. The number of morpholine rings is 1. The van der Waals surface area contributed by atoms with Crippen LogP contribution >= 0.6 is 0 Å². The van der Waals surface area contributed by atoms with Crippen LogP contribution in [-0.4, -0.2) is 44.8 Å². The number of nitrogens with one attached hydrogen (secondary N) is 2. The molecule has 0 bridgehead atoms. The lowest BCUT2D eigenvalue weighted by Gasteiger charge is -2.33. The fourth-order valence-electron chi connectivity index (χ4n) is 3.61. The van der Waals surface area contributed by atoms with Gasteiger partial charge in [-0.1, -0.05) is 25.3 Å². The summed E-state index contributed by atoms with van der Waals surface area (Å²) in [5.41, 5.74) is 0.736. The summed E-state index contributed by atoms with van der Waals surface area (Å²) < 4.78 is 16.2. The summed E-state index contributed by atoms with van der Waals surface area (Å²) >= 11 is 0. The Hall–Kier alpha value is -2.28. The standard InChI is InChI=1S/C19H26N2O5/c1-24-14-9-8-12(10-15(14)25-2)17-18(26-11-16(22)21-17)19(23)20-13-6-4-3-5-7-13/h8-10,13,17-18H,3-7,11H2,1-2H3,(H,20,23)(H,21,22)/t17-,18+/m1/s1. The van der Waals surface area contributed by atoms with E-state index in [1.807, 2.05) is 6.07 Å². The summed E-state index contributed by atoms with van der Waals surface area (Å²) in [7, 11) is 3.11. The molecular formula is C19H26N2O5.